The quantitative estimate of drug-likeness (QED) is 0.868. The SMILES string of the molecule is Cc1nn(C)c(F)c1CNCc1cc(C(F)(F)F)nn1C.Cl. The van der Waals surface area contributed by atoms with Crippen molar-refractivity contribution in [2.75, 3.05) is 0 Å². The lowest BCUT2D eigenvalue weighted by Crippen LogP contribution is -2.16. The Labute approximate surface area is 130 Å². The van der Waals surface area contributed by atoms with Crippen molar-refractivity contribution in [1.82, 2.24) is 24.9 Å². The van der Waals surface area contributed by atoms with Crippen LogP contribution in [0.3, 0.4) is 0 Å². The maximum Gasteiger partial charge on any atom is 0.435 e. The first-order chi connectivity index (χ1) is 9.70. The summed E-state index contributed by atoms with van der Waals surface area (Å²) in [5, 5.41) is 10.2. The zero-order valence-electron chi connectivity index (χ0n) is 12.2. The first kappa shape index (κ1) is 18.4. The van der Waals surface area contributed by atoms with Gasteiger partial charge in [-0.2, -0.15) is 27.8 Å². The molecule has 0 saturated carbocycles. The third kappa shape index (κ3) is 3.77. The van der Waals surface area contributed by atoms with Crippen LogP contribution in [0.1, 0.15) is 22.6 Å². The molecule has 2 aromatic heterocycles. The van der Waals surface area contributed by atoms with Gasteiger partial charge >= 0.3 is 6.18 Å². The summed E-state index contributed by atoms with van der Waals surface area (Å²) in [5.41, 5.74) is 0.369. The molecular formula is C12H16ClF4N5. The zero-order chi connectivity index (χ0) is 15.8. The maximum atomic E-state index is 13.7. The smallest absolute Gasteiger partial charge is 0.307 e. The van der Waals surface area contributed by atoms with E-state index in [1.807, 2.05) is 0 Å². The standard InChI is InChI=1S/C12H15F4N5.ClH/c1-7-9(11(13)21(3)18-7)6-17-5-8-4-10(12(14,15)16)19-20(8)2;/h4,17H,5-6H2,1-3H3;1H. The fraction of sp³-hybridized carbons (Fsp3) is 0.500. The third-order valence-corrected chi connectivity index (χ3v) is 3.14. The van der Waals surface area contributed by atoms with Crippen LogP contribution >= 0.6 is 12.4 Å². The van der Waals surface area contributed by atoms with Gasteiger partial charge in [0.15, 0.2) is 5.69 Å². The number of alkyl halides is 3. The highest BCUT2D eigenvalue weighted by molar-refractivity contribution is 5.85. The summed E-state index contributed by atoms with van der Waals surface area (Å²) in [7, 11) is 2.92. The molecule has 2 rings (SSSR count). The van der Waals surface area contributed by atoms with Crippen molar-refractivity contribution >= 4 is 12.4 Å². The van der Waals surface area contributed by atoms with Gasteiger partial charge in [0, 0.05) is 32.7 Å². The number of nitrogens with one attached hydrogen (secondary N) is 1. The van der Waals surface area contributed by atoms with E-state index in [1.54, 1.807) is 6.92 Å². The van der Waals surface area contributed by atoms with E-state index < -0.39 is 17.8 Å². The molecule has 124 valence electrons. The molecule has 0 aromatic carbocycles. The molecule has 2 heterocycles. The average molecular weight is 342 g/mol. The Balaban J connectivity index is 0.00000242. The van der Waals surface area contributed by atoms with Crippen LogP contribution in [0.5, 0.6) is 0 Å². The van der Waals surface area contributed by atoms with Crippen LogP contribution in [0, 0.1) is 12.9 Å². The summed E-state index contributed by atoms with van der Waals surface area (Å²) in [6.45, 7) is 2.00. The Kier molecular flexibility index (Phi) is 5.58. The van der Waals surface area contributed by atoms with E-state index in [-0.39, 0.29) is 25.5 Å². The largest absolute Gasteiger partial charge is 0.435 e. The molecule has 1 N–H and O–H groups in total. The summed E-state index contributed by atoms with van der Waals surface area (Å²) >= 11 is 0. The van der Waals surface area contributed by atoms with E-state index >= 15 is 0 Å². The minimum absolute atomic E-state index is 0. The fourth-order valence-electron chi connectivity index (χ4n) is 2.00. The average Bonchev–Trinajstić information content (AvgIpc) is 2.84. The topological polar surface area (TPSA) is 47.7 Å². The highest BCUT2D eigenvalue weighted by Crippen LogP contribution is 2.28. The van der Waals surface area contributed by atoms with Crippen molar-refractivity contribution in [3.63, 3.8) is 0 Å². The lowest BCUT2D eigenvalue weighted by atomic mass is 10.2. The van der Waals surface area contributed by atoms with Gasteiger partial charge in [0.2, 0.25) is 5.95 Å². The molecule has 22 heavy (non-hydrogen) atoms. The van der Waals surface area contributed by atoms with Gasteiger partial charge in [0.1, 0.15) is 0 Å². The maximum absolute atomic E-state index is 13.7. The predicted octanol–water partition coefficient (Wildman–Crippen LogP) is 2.33. The van der Waals surface area contributed by atoms with Gasteiger partial charge in [0.25, 0.3) is 0 Å². The van der Waals surface area contributed by atoms with Gasteiger partial charge in [-0.3, -0.25) is 4.68 Å². The zero-order valence-corrected chi connectivity index (χ0v) is 13.0. The van der Waals surface area contributed by atoms with Gasteiger partial charge in [-0.1, -0.05) is 0 Å². The van der Waals surface area contributed by atoms with Crippen molar-refractivity contribution in [2.24, 2.45) is 14.1 Å². The fourth-order valence-corrected chi connectivity index (χ4v) is 2.00. The molecule has 5 nitrogen and oxygen atoms in total. The number of hydrogen-bond donors (Lipinski definition) is 1. The second-order valence-corrected chi connectivity index (χ2v) is 4.72. The summed E-state index contributed by atoms with van der Waals surface area (Å²) in [6, 6.07) is 0.972. The van der Waals surface area contributed by atoms with Gasteiger partial charge in [-0.15, -0.1) is 12.4 Å². The number of rotatable bonds is 4. The molecule has 0 amide bonds. The molecule has 0 radical (unpaired) electrons. The summed E-state index contributed by atoms with van der Waals surface area (Å²) < 4.78 is 53.5. The monoisotopic (exact) mass is 341 g/mol. The molecular weight excluding hydrogens is 326 g/mol. The van der Waals surface area contributed by atoms with Crippen LogP contribution in [-0.4, -0.2) is 19.6 Å². The van der Waals surface area contributed by atoms with Crippen LogP contribution in [-0.2, 0) is 33.4 Å². The second-order valence-electron chi connectivity index (χ2n) is 4.72. The first-order valence-corrected chi connectivity index (χ1v) is 6.19. The molecule has 0 atom stereocenters. The van der Waals surface area contributed by atoms with Crippen LogP contribution in [0.25, 0.3) is 0 Å². The molecule has 0 unspecified atom stereocenters. The third-order valence-electron chi connectivity index (χ3n) is 3.14. The highest BCUT2D eigenvalue weighted by Gasteiger charge is 2.34. The van der Waals surface area contributed by atoms with Gasteiger partial charge in [0.05, 0.1) is 11.4 Å². The van der Waals surface area contributed by atoms with Crippen molar-refractivity contribution in [2.45, 2.75) is 26.2 Å². The molecule has 0 aliphatic heterocycles. The number of aromatic nitrogens is 4. The van der Waals surface area contributed by atoms with E-state index in [0.717, 1.165) is 15.4 Å². The Hall–Kier alpha value is -1.61. The van der Waals surface area contributed by atoms with E-state index in [2.05, 4.69) is 15.5 Å². The molecule has 0 saturated heterocycles. The number of hydrogen-bond acceptors (Lipinski definition) is 3. The summed E-state index contributed by atoms with van der Waals surface area (Å²) in [4.78, 5) is 0. The lowest BCUT2D eigenvalue weighted by molar-refractivity contribution is -0.141. The van der Waals surface area contributed by atoms with Crippen LogP contribution in [0.2, 0.25) is 0 Å². The predicted molar refractivity (Wildman–Crippen MR) is 73.9 cm³/mol. The lowest BCUT2D eigenvalue weighted by Gasteiger charge is -2.04. The molecule has 0 aliphatic carbocycles. The second kappa shape index (κ2) is 6.66. The minimum atomic E-state index is -4.47. The van der Waals surface area contributed by atoms with Crippen molar-refractivity contribution in [3.05, 3.63) is 34.7 Å². The molecule has 10 heteroatoms. The number of nitrogens with zero attached hydrogens (tertiary/aromatic N) is 4. The van der Waals surface area contributed by atoms with E-state index in [4.69, 9.17) is 0 Å². The van der Waals surface area contributed by atoms with Gasteiger partial charge in [-0.25, -0.2) is 4.68 Å². The highest BCUT2D eigenvalue weighted by atomic mass is 35.5. The van der Waals surface area contributed by atoms with Crippen LogP contribution < -0.4 is 5.32 Å². The van der Waals surface area contributed by atoms with E-state index in [1.165, 1.54) is 14.1 Å². The van der Waals surface area contributed by atoms with E-state index in [0.29, 0.717) is 17.0 Å². The Morgan fingerprint density at radius 1 is 1.14 bits per heavy atom. The molecule has 0 aliphatic rings. The van der Waals surface area contributed by atoms with Gasteiger partial charge < -0.3 is 5.32 Å². The first-order valence-electron chi connectivity index (χ1n) is 6.19. The van der Waals surface area contributed by atoms with Crippen LogP contribution in [0.4, 0.5) is 17.6 Å². The van der Waals surface area contributed by atoms with Crippen LogP contribution in [0.15, 0.2) is 6.07 Å². The van der Waals surface area contributed by atoms with Crippen molar-refractivity contribution in [1.29, 1.82) is 0 Å². The number of aryl methyl sites for hydroxylation is 3. The van der Waals surface area contributed by atoms with E-state index in [9.17, 15) is 17.6 Å². The summed E-state index contributed by atoms with van der Waals surface area (Å²) in [6.07, 6.45) is -4.47. The molecule has 0 bridgehead atoms. The van der Waals surface area contributed by atoms with Gasteiger partial charge in [-0.05, 0) is 13.0 Å². The van der Waals surface area contributed by atoms with Crippen molar-refractivity contribution < 1.29 is 17.6 Å². The summed E-state index contributed by atoms with van der Waals surface area (Å²) in [5.74, 6) is -0.457. The normalized spacial score (nSPS) is 11.6. The Morgan fingerprint density at radius 2 is 1.77 bits per heavy atom. The van der Waals surface area contributed by atoms with Crippen molar-refractivity contribution in [3.8, 4) is 0 Å². The molecule has 2 aromatic rings. The Morgan fingerprint density at radius 3 is 2.23 bits per heavy atom. The molecule has 0 spiro atoms. The Bertz CT molecular complexity index is 647. The molecule has 0 fully saturated rings. The number of halogens is 5. The minimum Gasteiger partial charge on any atom is -0.307 e.